The van der Waals surface area contributed by atoms with E-state index in [1.165, 1.54) is 11.1 Å². The van der Waals surface area contributed by atoms with Crippen molar-refractivity contribution in [3.8, 4) is 0 Å². The van der Waals surface area contributed by atoms with Gasteiger partial charge in [0, 0.05) is 17.6 Å². The van der Waals surface area contributed by atoms with E-state index in [1.54, 1.807) is 0 Å². The van der Waals surface area contributed by atoms with Crippen molar-refractivity contribution in [1.82, 2.24) is 9.97 Å². The van der Waals surface area contributed by atoms with Crippen LogP contribution in [-0.2, 0) is 0 Å². The van der Waals surface area contributed by atoms with Crippen molar-refractivity contribution in [3.05, 3.63) is 53.6 Å². The Balaban J connectivity index is 2.05. The lowest BCUT2D eigenvalue weighted by molar-refractivity contribution is 1.14. The highest BCUT2D eigenvalue weighted by Gasteiger charge is 2.08. The van der Waals surface area contributed by atoms with Crippen LogP contribution in [0.15, 0.2) is 42.5 Å². The number of fused-ring (bicyclic) bond motifs is 1. The summed E-state index contributed by atoms with van der Waals surface area (Å²) in [6.07, 6.45) is 0. The molecule has 0 fully saturated rings. The minimum atomic E-state index is 0.614. The summed E-state index contributed by atoms with van der Waals surface area (Å²) >= 11 is 0. The predicted molar refractivity (Wildman–Crippen MR) is 92.9 cm³/mol. The Labute approximate surface area is 130 Å². The largest absolute Gasteiger partial charge is 0.370 e. The van der Waals surface area contributed by atoms with Gasteiger partial charge in [-0.3, -0.25) is 0 Å². The van der Waals surface area contributed by atoms with Crippen molar-refractivity contribution < 1.29 is 0 Å². The van der Waals surface area contributed by atoms with Gasteiger partial charge in [0.05, 0.1) is 5.52 Å². The fraction of sp³-hybridized carbons (Fsp3) is 0.222. The Morgan fingerprint density at radius 3 is 2.64 bits per heavy atom. The molecule has 22 heavy (non-hydrogen) atoms. The second kappa shape index (κ2) is 6.02. The maximum atomic E-state index is 4.62. The second-order valence-electron chi connectivity index (χ2n) is 5.39. The molecule has 0 aliphatic heterocycles. The molecule has 0 aliphatic carbocycles. The first-order valence-electron chi connectivity index (χ1n) is 7.52. The molecule has 2 aromatic carbocycles. The zero-order chi connectivity index (χ0) is 15.5. The molecule has 0 radical (unpaired) electrons. The van der Waals surface area contributed by atoms with Crippen LogP contribution < -0.4 is 10.6 Å². The van der Waals surface area contributed by atoms with E-state index in [-0.39, 0.29) is 0 Å². The van der Waals surface area contributed by atoms with E-state index < -0.39 is 0 Å². The van der Waals surface area contributed by atoms with Crippen LogP contribution in [0.5, 0.6) is 0 Å². The third-order valence-electron chi connectivity index (χ3n) is 3.59. The summed E-state index contributed by atoms with van der Waals surface area (Å²) in [5.74, 6) is 1.48. The molecule has 1 aromatic heterocycles. The van der Waals surface area contributed by atoms with Crippen LogP contribution in [0.25, 0.3) is 10.9 Å². The predicted octanol–water partition coefficient (Wildman–Crippen LogP) is 4.42. The van der Waals surface area contributed by atoms with Gasteiger partial charge >= 0.3 is 0 Å². The van der Waals surface area contributed by atoms with Gasteiger partial charge in [-0.25, -0.2) is 4.98 Å². The van der Waals surface area contributed by atoms with E-state index in [9.17, 15) is 0 Å². The fourth-order valence-corrected chi connectivity index (χ4v) is 2.43. The quantitative estimate of drug-likeness (QED) is 0.747. The molecule has 0 spiro atoms. The van der Waals surface area contributed by atoms with Gasteiger partial charge in [-0.05, 0) is 50.1 Å². The summed E-state index contributed by atoms with van der Waals surface area (Å²) in [6.45, 7) is 7.04. The third kappa shape index (κ3) is 2.86. The number of para-hydroxylation sites is 1. The molecule has 0 unspecified atom stereocenters. The van der Waals surface area contributed by atoms with Crippen molar-refractivity contribution in [2.75, 3.05) is 17.2 Å². The number of nitrogens with one attached hydrogen (secondary N) is 2. The van der Waals surface area contributed by atoms with E-state index in [0.29, 0.717) is 5.95 Å². The zero-order valence-electron chi connectivity index (χ0n) is 13.1. The van der Waals surface area contributed by atoms with Crippen molar-refractivity contribution in [2.45, 2.75) is 20.8 Å². The number of aryl methyl sites for hydroxylation is 2. The molecule has 1 heterocycles. The van der Waals surface area contributed by atoms with Gasteiger partial charge in [-0.1, -0.05) is 24.3 Å². The maximum absolute atomic E-state index is 4.62. The average Bonchev–Trinajstić information content (AvgIpc) is 2.51. The third-order valence-corrected chi connectivity index (χ3v) is 3.59. The Bertz CT molecular complexity index is 811. The first-order chi connectivity index (χ1) is 10.7. The van der Waals surface area contributed by atoms with Crippen LogP contribution in [0.2, 0.25) is 0 Å². The molecule has 3 aromatic rings. The average molecular weight is 292 g/mol. The summed E-state index contributed by atoms with van der Waals surface area (Å²) in [5.41, 5.74) is 4.35. The Hall–Kier alpha value is -2.62. The first-order valence-corrected chi connectivity index (χ1v) is 7.52. The topological polar surface area (TPSA) is 49.8 Å². The SMILES string of the molecule is CCNc1nc(Nc2cc(C)ccc2C)nc2ccccc12. The van der Waals surface area contributed by atoms with E-state index in [4.69, 9.17) is 0 Å². The van der Waals surface area contributed by atoms with Crippen molar-refractivity contribution in [1.29, 1.82) is 0 Å². The van der Waals surface area contributed by atoms with E-state index in [1.807, 2.05) is 24.3 Å². The molecule has 2 N–H and O–H groups in total. The van der Waals surface area contributed by atoms with Gasteiger partial charge in [0.2, 0.25) is 5.95 Å². The van der Waals surface area contributed by atoms with Crippen LogP contribution >= 0.6 is 0 Å². The molecule has 0 saturated heterocycles. The molecular formula is C18H20N4. The molecular weight excluding hydrogens is 272 g/mol. The van der Waals surface area contributed by atoms with Gasteiger partial charge in [0.25, 0.3) is 0 Å². The van der Waals surface area contributed by atoms with Crippen LogP contribution in [0, 0.1) is 13.8 Å². The fourth-order valence-electron chi connectivity index (χ4n) is 2.43. The number of aromatic nitrogens is 2. The first kappa shape index (κ1) is 14.3. The zero-order valence-corrected chi connectivity index (χ0v) is 13.1. The molecule has 0 amide bonds. The molecule has 0 bridgehead atoms. The summed E-state index contributed by atoms with van der Waals surface area (Å²) in [4.78, 5) is 9.25. The van der Waals surface area contributed by atoms with Gasteiger partial charge in [-0.15, -0.1) is 0 Å². The molecule has 0 atom stereocenters. The summed E-state index contributed by atoms with van der Waals surface area (Å²) in [6, 6.07) is 14.4. The Kier molecular flexibility index (Phi) is 3.92. The van der Waals surface area contributed by atoms with Gasteiger partial charge < -0.3 is 10.6 Å². The van der Waals surface area contributed by atoms with E-state index in [2.05, 4.69) is 59.6 Å². The minimum Gasteiger partial charge on any atom is -0.370 e. The summed E-state index contributed by atoms with van der Waals surface area (Å²) < 4.78 is 0. The lowest BCUT2D eigenvalue weighted by Gasteiger charge is -2.12. The van der Waals surface area contributed by atoms with Gasteiger partial charge in [0.15, 0.2) is 0 Å². The standard InChI is InChI=1S/C18H20N4/c1-4-19-17-14-7-5-6-8-15(14)20-18(22-17)21-16-11-12(2)9-10-13(16)3/h5-11H,4H2,1-3H3,(H2,19,20,21,22). The van der Waals surface area contributed by atoms with Crippen LogP contribution in [0.3, 0.4) is 0 Å². The Morgan fingerprint density at radius 1 is 1.00 bits per heavy atom. The highest BCUT2D eigenvalue weighted by atomic mass is 15.1. The van der Waals surface area contributed by atoms with Gasteiger partial charge in [-0.2, -0.15) is 4.98 Å². The number of nitrogens with zero attached hydrogens (tertiary/aromatic N) is 2. The molecule has 0 aliphatic rings. The highest BCUT2D eigenvalue weighted by Crippen LogP contribution is 2.25. The van der Waals surface area contributed by atoms with E-state index in [0.717, 1.165) is 29.0 Å². The number of hydrogen-bond acceptors (Lipinski definition) is 4. The molecule has 3 rings (SSSR count). The van der Waals surface area contributed by atoms with Crippen molar-refractivity contribution >= 4 is 28.4 Å². The summed E-state index contributed by atoms with van der Waals surface area (Å²) in [5, 5.41) is 7.69. The Morgan fingerprint density at radius 2 is 1.82 bits per heavy atom. The van der Waals surface area contributed by atoms with Crippen molar-refractivity contribution in [2.24, 2.45) is 0 Å². The minimum absolute atomic E-state index is 0.614. The van der Waals surface area contributed by atoms with Crippen LogP contribution in [0.4, 0.5) is 17.5 Å². The molecule has 4 nitrogen and oxygen atoms in total. The molecule has 0 saturated carbocycles. The van der Waals surface area contributed by atoms with Gasteiger partial charge in [0.1, 0.15) is 5.82 Å². The van der Waals surface area contributed by atoms with E-state index >= 15 is 0 Å². The number of benzene rings is 2. The lowest BCUT2D eigenvalue weighted by Crippen LogP contribution is -2.05. The van der Waals surface area contributed by atoms with Crippen LogP contribution in [0.1, 0.15) is 18.1 Å². The highest BCUT2D eigenvalue weighted by molar-refractivity contribution is 5.90. The normalized spacial score (nSPS) is 10.7. The van der Waals surface area contributed by atoms with Crippen LogP contribution in [-0.4, -0.2) is 16.5 Å². The smallest absolute Gasteiger partial charge is 0.229 e. The molecule has 112 valence electrons. The monoisotopic (exact) mass is 292 g/mol. The second-order valence-corrected chi connectivity index (χ2v) is 5.39. The number of rotatable bonds is 4. The summed E-state index contributed by atoms with van der Waals surface area (Å²) in [7, 11) is 0. The van der Waals surface area contributed by atoms with Crippen molar-refractivity contribution in [3.63, 3.8) is 0 Å². The maximum Gasteiger partial charge on any atom is 0.229 e. The lowest BCUT2D eigenvalue weighted by atomic mass is 10.1. The molecule has 4 heteroatoms. The number of anilines is 3. The number of hydrogen-bond donors (Lipinski definition) is 2.